The Hall–Kier alpha value is -1.75. The lowest BCUT2D eigenvalue weighted by Gasteiger charge is -1.91. The van der Waals surface area contributed by atoms with Crippen LogP contribution in [-0.4, -0.2) is 21.3 Å². The van der Waals surface area contributed by atoms with E-state index in [1.165, 1.54) is 11.3 Å². The largest absolute Gasteiger partial charge is 0.481 e. The van der Waals surface area contributed by atoms with Gasteiger partial charge in [0.05, 0.1) is 6.42 Å². The third-order valence-electron chi connectivity index (χ3n) is 1.79. The van der Waals surface area contributed by atoms with Crippen LogP contribution in [0.4, 0.5) is 0 Å². The number of hydrogen-bond acceptors (Lipinski definition) is 4. The maximum atomic E-state index is 10.5. The molecule has 1 N–H and O–H groups in total. The monoisotopic (exact) mass is 220 g/mol. The van der Waals surface area contributed by atoms with E-state index >= 15 is 0 Å². The summed E-state index contributed by atoms with van der Waals surface area (Å²) in [5.74, 6) is -0.884. The van der Waals surface area contributed by atoms with Gasteiger partial charge in [-0.15, -0.1) is 10.2 Å². The Balaban J connectivity index is 2.24. The minimum absolute atomic E-state index is 0.0650. The van der Waals surface area contributed by atoms with Crippen molar-refractivity contribution in [3.05, 3.63) is 35.3 Å². The highest BCUT2D eigenvalue weighted by atomic mass is 32.1. The van der Waals surface area contributed by atoms with Gasteiger partial charge in [0, 0.05) is 5.56 Å². The molecule has 76 valence electrons. The number of hydrogen-bond donors (Lipinski definition) is 1. The number of rotatable bonds is 3. The van der Waals surface area contributed by atoms with Gasteiger partial charge in [-0.05, 0) is 0 Å². The van der Waals surface area contributed by atoms with Gasteiger partial charge < -0.3 is 5.11 Å². The van der Waals surface area contributed by atoms with Crippen LogP contribution in [0.2, 0.25) is 0 Å². The number of carboxylic acid groups (broad SMARTS) is 1. The van der Waals surface area contributed by atoms with Gasteiger partial charge in [-0.1, -0.05) is 41.7 Å². The number of aliphatic carboxylic acids is 1. The normalized spacial score (nSPS) is 10.1. The minimum atomic E-state index is -0.884. The van der Waals surface area contributed by atoms with E-state index < -0.39 is 5.97 Å². The number of carbonyl (C=O) groups is 1. The van der Waals surface area contributed by atoms with Crippen LogP contribution >= 0.6 is 11.3 Å². The zero-order valence-corrected chi connectivity index (χ0v) is 8.57. The molecular formula is C10H8N2O2S. The van der Waals surface area contributed by atoms with Crippen molar-refractivity contribution in [2.24, 2.45) is 0 Å². The molecule has 0 aliphatic heterocycles. The fourth-order valence-electron chi connectivity index (χ4n) is 1.15. The lowest BCUT2D eigenvalue weighted by molar-refractivity contribution is -0.136. The predicted octanol–water partition coefficient (Wildman–Crippen LogP) is 1.83. The third-order valence-corrected chi connectivity index (χ3v) is 2.76. The van der Waals surface area contributed by atoms with Gasteiger partial charge in [-0.3, -0.25) is 4.79 Å². The fraction of sp³-hybridized carbons (Fsp3) is 0.100. The van der Waals surface area contributed by atoms with E-state index in [9.17, 15) is 4.79 Å². The average molecular weight is 220 g/mol. The zero-order valence-electron chi connectivity index (χ0n) is 7.75. The van der Waals surface area contributed by atoms with Crippen LogP contribution in [0.15, 0.2) is 30.3 Å². The Morgan fingerprint density at radius 1 is 1.27 bits per heavy atom. The van der Waals surface area contributed by atoms with E-state index in [0.717, 1.165) is 10.6 Å². The Morgan fingerprint density at radius 3 is 2.67 bits per heavy atom. The SMILES string of the molecule is O=C(O)Cc1nnc(-c2ccccc2)s1. The smallest absolute Gasteiger partial charge is 0.310 e. The molecule has 0 spiro atoms. The maximum absolute atomic E-state index is 10.5. The quantitative estimate of drug-likeness (QED) is 0.857. The zero-order chi connectivity index (χ0) is 10.7. The minimum Gasteiger partial charge on any atom is -0.481 e. The van der Waals surface area contributed by atoms with E-state index in [2.05, 4.69) is 10.2 Å². The Bertz CT molecular complexity index is 467. The van der Waals surface area contributed by atoms with Crippen molar-refractivity contribution in [2.75, 3.05) is 0 Å². The summed E-state index contributed by atoms with van der Waals surface area (Å²) in [6.45, 7) is 0. The topological polar surface area (TPSA) is 63.1 Å². The van der Waals surface area contributed by atoms with Crippen molar-refractivity contribution in [3.8, 4) is 10.6 Å². The van der Waals surface area contributed by atoms with E-state index in [-0.39, 0.29) is 6.42 Å². The number of carboxylic acids is 1. The van der Waals surface area contributed by atoms with Crippen LogP contribution < -0.4 is 0 Å². The summed E-state index contributed by atoms with van der Waals surface area (Å²) in [6.07, 6.45) is -0.0650. The molecular weight excluding hydrogens is 212 g/mol. The lowest BCUT2D eigenvalue weighted by atomic mass is 10.2. The van der Waals surface area contributed by atoms with Gasteiger partial charge in [-0.2, -0.15) is 0 Å². The molecule has 0 aliphatic rings. The van der Waals surface area contributed by atoms with Crippen LogP contribution in [0.3, 0.4) is 0 Å². The molecule has 0 saturated carbocycles. The van der Waals surface area contributed by atoms with E-state index in [1.807, 2.05) is 30.3 Å². The van der Waals surface area contributed by atoms with E-state index in [4.69, 9.17) is 5.11 Å². The van der Waals surface area contributed by atoms with Gasteiger partial charge in [0.1, 0.15) is 10.0 Å². The molecule has 0 radical (unpaired) electrons. The summed E-state index contributed by atoms with van der Waals surface area (Å²) in [5.41, 5.74) is 0.964. The van der Waals surface area contributed by atoms with E-state index in [1.54, 1.807) is 0 Å². The van der Waals surface area contributed by atoms with Gasteiger partial charge >= 0.3 is 5.97 Å². The first kappa shape index (κ1) is 9.79. The summed E-state index contributed by atoms with van der Waals surface area (Å²) >= 11 is 1.31. The molecule has 2 rings (SSSR count). The van der Waals surface area contributed by atoms with Gasteiger partial charge in [0.2, 0.25) is 0 Å². The molecule has 1 heterocycles. The fourth-order valence-corrected chi connectivity index (χ4v) is 1.99. The molecule has 15 heavy (non-hydrogen) atoms. The van der Waals surface area contributed by atoms with Gasteiger partial charge in [0.25, 0.3) is 0 Å². The van der Waals surface area contributed by atoms with Crippen molar-refractivity contribution in [1.29, 1.82) is 0 Å². The summed E-state index contributed by atoms with van der Waals surface area (Å²) in [6, 6.07) is 9.58. The Labute approximate surface area is 90.2 Å². The highest BCUT2D eigenvalue weighted by molar-refractivity contribution is 7.14. The molecule has 1 aromatic carbocycles. The molecule has 0 amide bonds. The maximum Gasteiger partial charge on any atom is 0.310 e. The van der Waals surface area contributed by atoms with Crippen molar-refractivity contribution in [1.82, 2.24) is 10.2 Å². The molecule has 0 bridgehead atoms. The van der Waals surface area contributed by atoms with Crippen LogP contribution in [0.5, 0.6) is 0 Å². The Kier molecular flexibility index (Phi) is 2.73. The average Bonchev–Trinajstić information content (AvgIpc) is 2.67. The number of benzene rings is 1. The standard InChI is InChI=1S/C10H8N2O2S/c13-9(14)6-8-11-12-10(15-8)7-4-2-1-3-5-7/h1-5H,6H2,(H,13,14). The second kappa shape index (κ2) is 4.18. The molecule has 5 heteroatoms. The van der Waals surface area contributed by atoms with E-state index in [0.29, 0.717) is 5.01 Å². The van der Waals surface area contributed by atoms with Crippen molar-refractivity contribution >= 4 is 17.3 Å². The molecule has 0 saturated heterocycles. The highest BCUT2D eigenvalue weighted by Crippen LogP contribution is 2.22. The van der Waals surface area contributed by atoms with Crippen LogP contribution in [0.25, 0.3) is 10.6 Å². The third kappa shape index (κ3) is 2.38. The second-order valence-electron chi connectivity index (χ2n) is 2.94. The molecule has 1 aromatic heterocycles. The van der Waals surface area contributed by atoms with Crippen LogP contribution in [0, 0.1) is 0 Å². The molecule has 0 atom stereocenters. The predicted molar refractivity (Wildman–Crippen MR) is 56.7 cm³/mol. The first-order chi connectivity index (χ1) is 7.25. The summed E-state index contributed by atoms with van der Waals surface area (Å²) < 4.78 is 0. The summed E-state index contributed by atoms with van der Waals surface area (Å²) in [5, 5.41) is 17.6. The first-order valence-corrected chi connectivity index (χ1v) is 5.17. The highest BCUT2D eigenvalue weighted by Gasteiger charge is 2.08. The summed E-state index contributed by atoms with van der Waals surface area (Å²) in [7, 11) is 0. The molecule has 0 unspecified atom stereocenters. The second-order valence-corrected chi connectivity index (χ2v) is 4.00. The molecule has 0 fully saturated rings. The Morgan fingerprint density at radius 2 is 2.00 bits per heavy atom. The van der Waals surface area contributed by atoms with Crippen molar-refractivity contribution in [3.63, 3.8) is 0 Å². The van der Waals surface area contributed by atoms with Crippen molar-refractivity contribution < 1.29 is 9.90 Å². The van der Waals surface area contributed by atoms with Gasteiger partial charge in [0.15, 0.2) is 0 Å². The van der Waals surface area contributed by atoms with Crippen molar-refractivity contribution in [2.45, 2.75) is 6.42 Å². The molecule has 0 aliphatic carbocycles. The van der Waals surface area contributed by atoms with Crippen LogP contribution in [-0.2, 0) is 11.2 Å². The number of nitrogens with zero attached hydrogens (tertiary/aromatic N) is 2. The van der Waals surface area contributed by atoms with Crippen LogP contribution in [0.1, 0.15) is 5.01 Å². The molecule has 4 nitrogen and oxygen atoms in total. The first-order valence-electron chi connectivity index (χ1n) is 4.35. The lowest BCUT2D eigenvalue weighted by Crippen LogP contribution is -1.98. The molecule has 2 aromatic rings. The van der Waals surface area contributed by atoms with Gasteiger partial charge in [-0.25, -0.2) is 0 Å². The summed E-state index contributed by atoms with van der Waals surface area (Å²) in [4.78, 5) is 10.5. The number of aromatic nitrogens is 2.